The van der Waals surface area contributed by atoms with Gasteiger partial charge in [-0.3, -0.25) is 4.79 Å². The van der Waals surface area contributed by atoms with E-state index >= 15 is 0 Å². The predicted octanol–water partition coefficient (Wildman–Crippen LogP) is 3.93. The topological polar surface area (TPSA) is 94.1 Å². The summed E-state index contributed by atoms with van der Waals surface area (Å²) in [5.74, 6) is 0.989. The summed E-state index contributed by atoms with van der Waals surface area (Å²) in [6.45, 7) is 3.27. The van der Waals surface area contributed by atoms with Crippen LogP contribution in [-0.4, -0.2) is 79.4 Å². The second-order valence-corrected chi connectivity index (χ2v) is 9.01. The van der Waals surface area contributed by atoms with Gasteiger partial charge in [-0.1, -0.05) is 17.7 Å². The molecule has 4 rings (SSSR count). The van der Waals surface area contributed by atoms with Gasteiger partial charge in [0, 0.05) is 74.2 Å². The fourth-order valence-corrected chi connectivity index (χ4v) is 4.17. The number of carbonyl (C=O) groups excluding carboxylic acids is 1. The van der Waals surface area contributed by atoms with Gasteiger partial charge in [0.25, 0.3) is 5.91 Å². The minimum Gasteiger partial charge on any atom is -0.396 e. The largest absolute Gasteiger partial charge is 0.396 e. The first kappa shape index (κ1) is 25.7. The lowest BCUT2D eigenvalue weighted by Crippen LogP contribution is -2.36. The Balaban J connectivity index is 1.61. The van der Waals surface area contributed by atoms with Gasteiger partial charge >= 0.3 is 0 Å². The summed E-state index contributed by atoms with van der Waals surface area (Å²) in [5, 5.41) is 13.1. The monoisotopic (exact) mass is 510 g/mol. The van der Waals surface area contributed by atoms with Gasteiger partial charge in [-0.25, -0.2) is 4.98 Å². The van der Waals surface area contributed by atoms with Gasteiger partial charge in [0.1, 0.15) is 5.82 Å². The van der Waals surface area contributed by atoms with Crippen LogP contribution in [0, 0.1) is 0 Å². The zero-order valence-electron chi connectivity index (χ0n) is 20.5. The summed E-state index contributed by atoms with van der Waals surface area (Å²) in [6.07, 6.45) is 2.21. The van der Waals surface area contributed by atoms with Crippen molar-refractivity contribution in [2.45, 2.75) is 6.42 Å². The molecule has 0 radical (unpaired) electrons. The Morgan fingerprint density at radius 1 is 1.17 bits per heavy atom. The average Bonchev–Trinajstić information content (AvgIpc) is 2.91. The summed E-state index contributed by atoms with van der Waals surface area (Å²) in [7, 11) is 3.65. The van der Waals surface area contributed by atoms with Crippen LogP contribution >= 0.6 is 11.6 Å². The third kappa shape index (κ3) is 6.42. The van der Waals surface area contributed by atoms with Crippen LogP contribution in [0.15, 0.2) is 54.7 Å². The van der Waals surface area contributed by atoms with Crippen molar-refractivity contribution < 1.29 is 14.6 Å². The Kier molecular flexibility index (Phi) is 8.58. The van der Waals surface area contributed by atoms with Crippen LogP contribution in [0.5, 0.6) is 0 Å². The molecule has 0 bridgehead atoms. The van der Waals surface area contributed by atoms with Crippen molar-refractivity contribution in [3.8, 4) is 0 Å². The Morgan fingerprint density at radius 2 is 1.97 bits per heavy atom. The number of nitrogens with zero attached hydrogens (tertiary/aromatic N) is 5. The Bertz CT molecular complexity index is 1190. The minimum absolute atomic E-state index is 0.0373. The molecule has 0 saturated carbocycles. The normalized spacial score (nSPS) is 13.4. The van der Waals surface area contributed by atoms with Crippen LogP contribution in [0.4, 0.5) is 28.8 Å². The summed E-state index contributed by atoms with van der Waals surface area (Å²) < 4.78 is 5.50. The van der Waals surface area contributed by atoms with E-state index in [9.17, 15) is 4.79 Å². The Labute approximate surface area is 216 Å². The molecule has 36 heavy (non-hydrogen) atoms. The van der Waals surface area contributed by atoms with Crippen LogP contribution in [0.1, 0.15) is 16.8 Å². The average molecular weight is 511 g/mol. The molecule has 2 N–H and O–H groups in total. The standard InChI is InChI=1S/C26H31ClN6O3/c1-31(9-4-12-34)25(35)19-15-21(18-23(16-19)33-10-13-36-14-11-33)29-26-28-8-7-24(30-26)32(2)22-6-3-5-20(27)17-22/h3,5-8,15-18,34H,4,9-14H2,1-2H3,(H,28,29,30). The van der Waals surface area contributed by atoms with Crippen molar-refractivity contribution in [2.75, 3.05) is 68.7 Å². The van der Waals surface area contributed by atoms with Crippen LogP contribution < -0.4 is 15.1 Å². The van der Waals surface area contributed by atoms with Crippen LogP contribution in [-0.2, 0) is 4.74 Å². The quantitative estimate of drug-likeness (QED) is 0.447. The molecule has 0 atom stereocenters. The molecule has 1 aliphatic rings. The van der Waals surface area contributed by atoms with Gasteiger partial charge in [0.2, 0.25) is 5.95 Å². The van der Waals surface area contributed by atoms with Crippen LogP contribution in [0.25, 0.3) is 0 Å². The maximum Gasteiger partial charge on any atom is 0.253 e. The Morgan fingerprint density at radius 3 is 2.72 bits per heavy atom. The summed E-state index contributed by atoms with van der Waals surface area (Å²) in [6, 6.07) is 15.1. The number of ether oxygens (including phenoxy) is 1. The smallest absolute Gasteiger partial charge is 0.253 e. The van der Waals surface area contributed by atoms with Crippen molar-refractivity contribution in [3.05, 3.63) is 65.3 Å². The molecule has 1 amide bonds. The third-order valence-electron chi connectivity index (χ3n) is 5.98. The molecule has 10 heteroatoms. The van der Waals surface area contributed by atoms with E-state index in [4.69, 9.17) is 21.4 Å². The van der Waals surface area contributed by atoms with Gasteiger partial charge in [0.05, 0.1) is 13.2 Å². The lowest BCUT2D eigenvalue weighted by atomic mass is 10.1. The second-order valence-electron chi connectivity index (χ2n) is 8.57. The molecule has 3 aromatic rings. The molecule has 0 unspecified atom stereocenters. The molecule has 1 aromatic heterocycles. The number of hydrogen-bond acceptors (Lipinski definition) is 8. The van der Waals surface area contributed by atoms with Gasteiger partial charge in [-0.2, -0.15) is 4.98 Å². The lowest BCUT2D eigenvalue weighted by Gasteiger charge is -2.30. The van der Waals surface area contributed by atoms with Gasteiger partial charge in [-0.15, -0.1) is 0 Å². The maximum atomic E-state index is 13.1. The van der Waals surface area contributed by atoms with Gasteiger partial charge in [-0.05, 0) is 48.9 Å². The minimum atomic E-state index is -0.114. The number of aromatic nitrogens is 2. The number of halogens is 1. The number of morpholine rings is 1. The molecule has 9 nitrogen and oxygen atoms in total. The first-order valence-electron chi connectivity index (χ1n) is 11.9. The molecule has 2 heterocycles. The SMILES string of the molecule is CN(CCCO)C(=O)c1cc(Nc2nccc(N(C)c3cccc(Cl)c3)n2)cc(N2CCOCC2)c1. The zero-order chi connectivity index (χ0) is 25.5. The van der Waals surface area contributed by atoms with Crippen LogP contribution in [0.2, 0.25) is 5.02 Å². The maximum absolute atomic E-state index is 13.1. The first-order valence-corrected chi connectivity index (χ1v) is 12.3. The summed E-state index contributed by atoms with van der Waals surface area (Å²) in [5.41, 5.74) is 3.09. The summed E-state index contributed by atoms with van der Waals surface area (Å²) in [4.78, 5) is 27.9. The molecule has 2 aromatic carbocycles. The van der Waals surface area contributed by atoms with E-state index in [1.807, 2.05) is 54.4 Å². The molecule has 190 valence electrons. The van der Waals surface area contributed by atoms with E-state index in [2.05, 4.69) is 20.2 Å². The second kappa shape index (κ2) is 12.0. The third-order valence-corrected chi connectivity index (χ3v) is 6.21. The number of carbonyl (C=O) groups is 1. The predicted molar refractivity (Wildman–Crippen MR) is 143 cm³/mol. The van der Waals surface area contributed by atoms with Crippen molar-refractivity contribution in [1.82, 2.24) is 14.9 Å². The van der Waals surface area contributed by atoms with Gasteiger partial charge < -0.3 is 29.9 Å². The molecular formula is C26H31ClN6O3. The van der Waals surface area contributed by atoms with E-state index in [1.54, 1.807) is 24.2 Å². The molecular weight excluding hydrogens is 480 g/mol. The summed E-state index contributed by atoms with van der Waals surface area (Å²) >= 11 is 6.16. The van der Waals surface area contributed by atoms with Crippen molar-refractivity contribution >= 4 is 46.3 Å². The Hall–Kier alpha value is -3.40. The number of anilines is 5. The highest BCUT2D eigenvalue weighted by molar-refractivity contribution is 6.30. The van der Waals surface area contributed by atoms with E-state index in [0.717, 1.165) is 24.5 Å². The molecule has 1 saturated heterocycles. The number of benzene rings is 2. The number of hydrogen-bond donors (Lipinski definition) is 2. The van der Waals surface area contributed by atoms with Crippen molar-refractivity contribution in [2.24, 2.45) is 0 Å². The van der Waals surface area contributed by atoms with E-state index in [1.165, 1.54) is 0 Å². The van der Waals surface area contributed by atoms with Crippen molar-refractivity contribution in [3.63, 3.8) is 0 Å². The fourth-order valence-electron chi connectivity index (χ4n) is 3.98. The van der Waals surface area contributed by atoms with Crippen molar-refractivity contribution in [1.29, 1.82) is 0 Å². The molecule has 1 fully saturated rings. The number of rotatable bonds is 9. The zero-order valence-corrected chi connectivity index (χ0v) is 21.3. The highest BCUT2D eigenvalue weighted by Crippen LogP contribution is 2.28. The fraction of sp³-hybridized carbons (Fsp3) is 0.346. The van der Waals surface area contributed by atoms with E-state index < -0.39 is 0 Å². The molecule has 0 spiro atoms. The van der Waals surface area contributed by atoms with E-state index in [0.29, 0.717) is 54.2 Å². The lowest BCUT2D eigenvalue weighted by molar-refractivity contribution is 0.0786. The molecule has 0 aliphatic carbocycles. The van der Waals surface area contributed by atoms with Gasteiger partial charge in [0.15, 0.2) is 0 Å². The van der Waals surface area contributed by atoms with Crippen LogP contribution in [0.3, 0.4) is 0 Å². The highest BCUT2D eigenvalue weighted by atomic mass is 35.5. The number of nitrogens with one attached hydrogen (secondary N) is 1. The number of amides is 1. The molecule has 1 aliphatic heterocycles. The van der Waals surface area contributed by atoms with E-state index in [-0.39, 0.29) is 12.5 Å². The number of aliphatic hydroxyl groups excluding tert-OH is 1. The number of aliphatic hydroxyl groups is 1. The highest BCUT2D eigenvalue weighted by Gasteiger charge is 2.18. The first-order chi connectivity index (χ1) is 17.4.